The summed E-state index contributed by atoms with van der Waals surface area (Å²) in [7, 11) is 1.93. The van der Waals surface area contributed by atoms with Gasteiger partial charge in [-0.05, 0) is 42.5 Å². The SMILES string of the molecule is Cn1ccnc1COc1ccc(C(=O)N2CCc3[nH]c4ccc(Cl)cc4c3C2)cc1. The molecule has 0 spiro atoms. The van der Waals surface area contributed by atoms with Crippen molar-refractivity contribution in [3.05, 3.63) is 82.5 Å². The molecule has 0 atom stereocenters. The molecule has 0 saturated carbocycles. The maximum absolute atomic E-state index is 13.1. The first-order chi connectivity index (χ1) is 14.6. The van der Waals surface area contributed by atoms with Gasteiger partial charge in [-0.25, -0.2) is 4.98 Å². The van der Waals surface area contributed by atoms with Crippen LogP contribution in [0, 0.1) is 0 Å². The summed E-state index contributed by atoms with van der Waals surface area (Å²) in [4.78, 5) is 22.7. The third kappa shape index (κ3) is 3.44. The highest BCUT2D eigenvalue weighted by molar-refractivity contribution is 6.31. The first-order valence-electron chi connectivity index (χ1n) is 9.86. The number of benzene rings is 2. The van der Waals surface area contributed by atoms with Gasteiger partial charge in [0.15, 0.2) is 0 Å². The average molecular weight is 421 g/mol. The summed E-state index contributed by atoms with van der Waals surface area (Å²) in [6, 6.07) is 13.1. The number of carbonyl (C=O) groups is 1. The monoisotopic (exact) mass is 420 g/mol. The molecule has 2 aromatic carbocycles. The summed E-state index contributed by atoms with van der Waals surface area (Å²) in [5.41, 5.74) is 4.06. The van der Waals surface area contributed by atoms with E-state index in [0.717, 1.165) is 28.7 Å². The molecule has 0 unspecified atom stereocenters. The van der Waals surface area contributed by atoms with Crippen molar-refractivity contribution in [2.24, 2.45) is 7.05 Å². The second kappa shape index (κ2) is 7.54. The lowest BCUT2D eigenvalue weighted by Crippen LogP contribution is -2.35. The molecule has 2 aromatic heterocycles. The Morgan fingerprint density at radius 2 is 2.07 bits per heavy atom. The Kier molecular flexibility index (Phi) is 4.71. The third-order valence-corrected chi connectivity index (χ3v) is 5.85. The molecule has 0 fully saturated rings. The second-order valence-electron chi connectivity index (χ2n) is 7.52. The molecule has 1 aliphatic rings. The first-order valence-corrected chi connectivity index (χ1v) is 10.2. The molecule has 0 saturated heterocycles. The maximum atomic E-state index is 13.1. The highest BCUT2D eigenvalue weighted by atomic mass is 35.5. The van der Waals surface area contributed by atoms with E-state index in [9.17, 15) is 4.79 Å². The van der Waals surface area contributed by atoms with Crippen molar-refractivity contribution in [2.45, 2.75) is 19.6 Å². The summed E-state index contributed by atoms with van der Waals surface area (Å²) >= 11 is 6.18. The lowest BCUT2D eigenvalue weighted by molar-refractivity contribution is 0.0735. The van der Waals surface area contributed by atoms with E-state index in [1.54, 1.807) is 6.20 Å². The van der Waals surface area contributed by atoms with Crippen molar-refractivity contribution < 1.29 is 9.53 Å². The minimum absolute atomic E-state index is 0.0210. The number of nitrogens with zero attached hydrogens (tertiary/aromatic N) is 3. The fraction of sp³-hybridized carbons (Fsp3) is 0.217. The Labute approximate surface area is 179 Å². The molecule has 30 heavy (non-hydrogen) atoms. The highest BCUT2D eigenvalue weighted by Crippen LogP contribution is 2.30. The number of aryl methyl sites for hydroxylation is 1. The Morgan fingerprint density at radius 1 is 1.23 bits per heavy atom. The quantitative estimate of drug-likeness (QED) is 0.534. The standard InChI is InChI=1S/C23H21ClN4O2/c1-27-11-9-25-22(27)14-30-17-5-2-15(3-6-17)23(29)28-10-8-21-19(13-28)18-12-16(24)4-7-20(18)26-21/h2-7,9,11-12,26H,8,10,13-14H2,1H3. The Balaban J connectivity index is 1.30. The van der Waals surface area contributed by atoms with Gasteiger partial charge < -0.3 is 19.2 Å². The third-order valence-electron chi connectivity index (χ3n) is 5.61. The summed E-state index contributed by atoms with van der Waals surface area (Å²) in [6.45, 7) is 1.64. The van der Waals surface area contributed by atoms with Gasteiger partial charge in [-0.1, -0.05) is 11.6 Å². The van der Waals surface area contributed by atoms with Crippen LogP contribution in [0.25, 0.3) is 10.9 Å². The summed E-state index contributed by atoms with van der Waals surface area (Å²) in [5.74, 6) is 1.58. The van der Waals surface area contributed by atoms with E-state index in [-0.39, 0.29) is 5.91 Å². The molecule has 6 nitrogen and oxygen atoms in total. The van der Waals surface area contributed by atoms with Crippen molar-refractivity contribution in [3.8, 4) is 5.75 Å². The molecular formula is C23H21ClN4O2. The van der Waals surface area contributed by atoms with Crippen LogP contribution in [0.5, 0.6) is 5.75 Å². The zero-order valence-corrected chi connectivity index (χ0v) is 17.3. The van der Waals surface area contributed by atoms with E-state index in [4.69, 9.17) is 16.3 Å². The largest absolute Gasteiger partial charge is 0.486 e. The van der Waals surface area contributed by atoms with Gasteiger partial charge in [0.05, 0.1) is 0 Å². The van der Waals surface area contributed by atoms with E-state index in [2.05, 4.69) is 9.97 Å². The van der Waals surface area contributed by atoms with Crippen LogP contribution in [-0.4, -0.2) is 31.9 Å². The number of H-pyrrole nitrogens is 1. The number of imidazole rings is 1. The van der Waals surface area contributed by atoms with Gasteiger partial charge in [-0.15, -0.1) is 0 Å². The second-order valence-corrected chi connectivity index (χ2v) is 7.95. The van der Waals surface area contributed by atoms with E-state index >= 15 is 0 Å². The van der Waals surface area contributed by atoms with Crippen LogP contribution in [0.4, 0.5) is 0 Å². The zero-order chi connectivity index (χ0) is 20.7. The molecule has 0 bridgehead atoms. The summed E-state index contributed by atoms with van der Waals surface area (Å²) < 4.78 is 7.70. The molecule has 0 radical (unpaired) electrons. The lowest BCUT2D eigenvalue weighted by atomic mass is 10.0. The molecule has 7 heteroatoms. The van der Waals surface area contributed by atoms with Crippen LogP contribution in [-0.2, 0) is 26.6 Å². The molecule has 0 aliphatic carbocycles. The highest BCUT2D eigenvalue weighted by Gasteiger charge is 2.25. The topological polar surface area (TPSA) is 63.2 Å². The van der Waals surface area contributed by atoms with Crippen LogP contribution in [0.3, 0.4) is 0 Å². The molecule has 1 N–H and O–H groups in total. The van der Waals surface area contributed by atoms with E-state index in [1.807, 2.05) is 65.2 Å². The Bertz CT molecular complexity index is 1230. The minimum atomic E-state index is 0.0210. The van der Waals surface area contributed by atoms with Gasteiger partial charge in [0.1, 0.15) is 18.2 Å². The van der Waals surface area contributed by atoms with Crippen molar-refractivity contribution in [3.63, 3.8) is 0 Å². The number of fused-ring (bicyclic) bond motifs is 3. The van der Waals surface area contributed by atoms with E-state index in [1.165, 1.54) is 5.69 Å². The number of hydrogen-bond donors (Lipinski definition) is 1. The van der Waals surface area contributed by atoms with Crippen LogP contribution in [0.2, 0.25) is 5.02 Å². The van der Waals surface area contributed by atoms with Crippen molar-refractivity contribution in [1.82, 2.24) is 19.4 Å². The van der Waals surface area contributed by atoms with Gasteiger partial charge in [0, 0.05) is 71.7 Å². The van der Waals surface area contributed by atoms with Crippen LogP contribution < -0.4 is 4.74 Å². The maximum Gasteiger partial charge on any atom is 0.254 e. The molecule has 5 rings (SSSR count). The zero-order valence-electron chi connectivity index (χ0n) is 16.6. The Hall–Kier alpha value is -3.25. The van der Waals surface area contributed by atoms with E-state index in [0.29, 0.717) is 36.0 Å². The van der Waals surface area contributed by atoms with Gasteiger partial charge in [0.25, 0.3) is 5.91 Å². The van der Waals surface area contributed by atoms with Crippen molar-refractivity contribution in [2.75, 3.05) is 6.54 Å². The van der Waals surface area contributed by atoms with Gasteiger partial charge in [0.2, 0.25) is 0 Å². The number of ether oxygens (including phenoxy) is 1. The van der Waals surface area contributed by atoms with Crippen LogP contribution >= 0.6 is 11.6 Å². The number of amides is 1. The number of aromatic nitrogens is 3. The van der Waals surface area contributed by atoms with Crippen molar-refractivity contribution >= 4 is 28.4 Å². The number of hydrogen-bond acceptors (Lipinski definition) is 3. The van der Waals surface area contributed by atoms with Gasteiger partial charge >= 0.3 is 0 Å². The number of rotatable bonds is 4. The summed E-state index contributed by atoms with van der Waals surface area (Å²) in [5, 5.41) is 1.79. The number of halogens is 1. The molecule has 4 aromatic rings. The average Bonchev–Trinajstić information content (AvgIpc) is 3.34. The smallest absolute Gasteiger partial charge is 0.254 e. The number of nitrogens with one attached hydrogen (secondary N) is 1. The first kappa shape index (κ1) is 18.8. The molecule has 3 heterocycles. The van der Waals surface area contributed by atoms with Gasteiger partial charge in [-0.3, -0.25) is 4.79 Å². The fourth-order valence-corrected chi connectivity index (χ4v) is 4.09. The molecule has 152 valence electrons. The molecule has 1 aliphatic heterocycles. The summed E-state index contributed by atoms with van der Waals surface area (Å²) in [6.07, 6.45) is 4.43. The Morgan fingerprint density at radius 3 is 2.83 bits per heavy atom. The predicted octanol–water partition coefficient (Wildman–Crippen LogP) is 4.33. The van der Waals surface area contributed by atoms with Gasteiger partial charge in [-0.2, -0.15) is 0 Å². The van der Waals surface area contributed by atoms with Crippen LogP contribution in [0.15, 0.2) is 54.9 Å². The van der Waals surface area contributed by atoms with Crippen molar-refractivity contribution in [1.29, 1.82) is 0 Å². The normalized spacial score (nSPS) is 13.5. The minimum Gasteiger partial charge on any atom is -0.486 e. The number of aromatic amines is 1. The molecular weight excluding hydrogens is 400 g/mol. The predicted molar refractivity (Wildman–Crippen MR) is 116 cm³/mol. The lowest BCUT2D eigenvalue weighted by Gasteiger charge is -2.27. The number of carbonyl (C=O) groups excluding carboxylic acids is 1. The van der Waals surface area contributed by atoms with Crippen LogP contribution in [0.1, 0.15) is 27.4 Å². The fourth-order valence-electron chi connectivity index (χ4n) is 3.92. The molecule has 1 amide bonds. The van der Waals surface area contributed by atoms with E-state index < -0.39 is 0 Å².